The van der Waals surface area contributed by atoms with E-state index in [0.717, 1.165) is 25.7 Å². The van der Waals surface area contributed by atoms with Gasteiger partial charge in [-0.05, 0) is 25.0 Å². The third kappa shape index (κ3) is 2.32. The van der Waals surface area contributed by atoms with E-state index in [1.54, 1.807) is 12.3 Å². The molecular formula is C12H17FN2O. The summed E-state index contributed by atoms with van der Waals surface area (Å²) >= 11 is 0. The molecule has 1 saturated carbocycles. The summed E-state index contributed by atoms with van der Waals surface area (Å²) in [5.41, 5.74) is -0.0794. The zero-order valence-electron chi connectivity index (χ0n) is 9.25. The third-order valence-corrected chi connectivity index (χ3v) is 3.39. The molecule has 0 aromatic carbocycles. The van der Waals surface area contributed by atoms with Crippen LogP contribution in [0.4, 0.5) is 10.2 Å². The maximum Gasteiger partial charge on any atom is 0.165 e. The largest absolute Gasteiger partial charge is 0.396 e. The van der Waals surface area contributed by atoms with Gasteiger partial charge in [-0.3, -0.25) is 0 Å². The maximum absolute atomic E-state index is 13.3. The number of nitrogens with one attached hydrogen (secondary N) is 1. The number of pyridine rings is 1. The van der Waals surface area contributed by atoms with Crippen LogP contribution in [0.1, 0.15) is 25.7 Å². The standard InChI is InChI=1S/C12H17FN2O/c13-10-4-3-7-14-11(10)15-8-12(9-16)5-1-2-6-12/h3-4,7,16H,1-2,5-6,8-9H2,(H,14,15). The van der Waals surface area contributed by atoms with Gasteiger partial charge < -0.3 is 10.4 Å². The molecule has 1 heterocycles. The first-order valence-electron chi connectivity index (χ1n) is 5.71. The molecule has 3 nitrogen and oxygen atoms in total. The maximum atomic E-state index is 13.3. The van der Waals surface area contributed by atoms with Crippen LogP contribution in [-0.2, 0) is 0 Å². The SMILES string of the molecule is OCC1(CNc2ncccc2F)CCCC1. The lowest BCUT2D eigenvalue weighted by atomic mass is 9.87. The number of aliphatic hydroxyl groups excluding tert-OH is 1. The summed E-state index contributed by atoms with van der Waals surface area (Å²) in [6.45, 7) is 0.756. The molecule has 88 valence electrons. The quantitative estimate of drug-likeness (QED) is 0.824. The van der Waals surface area contributed by atoms with Crippen molar-refractivity contribution in [2.24, 2.45) is 5.41 Å². The van der Waals surface area contributed by atoms with Crippen LogP contribution in [0.3, 0.4) is 0 Å². The molecule has 1 aromatic heterocycles. The Hall–Kier alpha value is -1.16. The number of nitrogens with zero attached hydrogens (tertiary/aromatic N) is 1. The second-order valence-corrected chi connectivity index (χ2v) is 4.55. The topological polar surface area (TPSA) is 45.1 Å². The first-order valence-corrected chi connectivity index (χ1v) is 5.71. The highest BCUT2D eigenvalue weighted by atomic mass is 19.1. The smallest absolute Gasteiger partial charge is 0.165 e. The van der Waals surface area contributed by atoms with E-state index in [9.17, 15) is 9.50 Å². The van der Waals surface area contributed by atoms with Crippen molar-refractivity contribution >= 4 is 5.82 Å². The normalized spacial score (nSPS) is 18.6. The molecule has 0 unspecified atom stereocenters. The number of halogens is 1. The van der Waals surface area contributed by atoms with Crippen LogP contribution < -0.4 is 5.32 Å². The molecule has 2 rings (SSSR count). The van der Waals surface area contributed by atoms with E-state index >= 15 is 0 Å². The minimum absolute atomic E-state index is 0.0794. The first kappa shape index (κ1) is 11.3. The molecule has 1 aliphatic rings. The van der Waals surface area contributed by atoms with E-state index in [2.05, 4.69) is 10.3 Å². The Labute approximate surface area is 94.7 Å². The summed E-state index contributed by atoms with van der Waals surface area (Å²) < 4.78 is 13.3. The highest BCUT2D eigenvalue weighted by Crippen LogP contribution is 2.37. The number of aliphatic hydroxyl groups is 1. The van der Waals surface area contributed by atoms with E-state index in [4.69, 9.17) is 0 Å². The van der Waals surface area contributed by atoms with Crippen LogP contribution in [0.2, 0.25) is 0 Å². The van der Waals surface area contributed by atoms with Crippen LogP contribution in [0, 0.1) is 11.2 Å². The average molecular weight is 224 g/mol. The molecule has 0 spiro atoms. The summed E-state index contributed by atoms with van der Waals surface area (Å²) in [4.78, 5) is 3.94. The van der Waals surface area contributed by atoms with Gasteiger partial charge in [-0.1, -0.05) is 12.8 Å². The van der Waals surface area contributed by atoms with Crippen LogP contribution in [0.25, 0.3) is 0 Å². The summed E-state index contributed by atoms with van der Waals surface area (Å²) in [6.07, 6.45) is 5.86. The van der Waals surface area contributed by atoms with Crippen molar-refractivity contribution in [2.75, 3.05) is 18.5 Å². The second kappa shape index (κ2) is 4.78. The van der Waals surface area contributed by atoms with Crippen LogP contribution in [-0.4, -0.2) is 23.2 Å². The fourth-order valence-corrected chi connectivity index (χ4v) is 2.30. The monoisotopic (exact) mass is 224 g/mol. The lowest BCUT2D eigenvalue weighted by Crippen LogP contribution is -2.31. The van der Waals surface area contributed by atoms with Crippen molar-refractivity contribution < 1.29 is 9.50 Å². The van der Waals surface area contributed by atoms with Gasteiger partial charge in [0, 0.05) is 18.2 Å². The molecule has 1 aliphatic carbocycles. The zero-order chi connectivity index (χ0) is 11.4. The Morgan fingerprint density at radius 1 is 1.44 bits per heavy atom. The molecule has 4 heteroatoms. The molecule has 0 amide bonds. The van der Waals surface area contributed by atoms with Crippen molar-refractivity contribution in [3.8, 4) is 0 Å². The Balaban J connectivity index is 1.98. The fraction of sp³-hybridized carbons (Fsp3) is 0.583. The van der Waals surface area contributed by atoms with Gasteiger partial charge in [-0.15, -0.1) is 0 Å². The lowest BCUT2D eigenvalue weighted by Gasteiger charge is -2.26. The van der Waals surface area contributed by atoms with Gasteiger partial charge in [0.25, 0.3) is 0 Å². The molecule has 1 fully saturated rings. The lowest BCUT2D eigenvalue weighted by molar-refractivity contribution is 0.142. The Morgan fingerprint density at radius 2 is 2.19 bits per heavy atom. The van der Waals surface area contributed by atoms with Crippen molar-refractivity contribution in [1.82, 2.24) is 4.98 Å². The third-order valence-electron chi connectivity index (χ3n) is 3.39. The number of anilines is 1. The zero-order valence-corrected chi connectivity index (χ0v) is 9.25. The van der Waals surface area contributed by atoms with Gasteiger partial charge >= 0.3 is 0 Å². The number of aromatic nitrogens is 1. The van der Waals surface area contributed by atoms with E-state index in [-0.39, 0.29) is 23.7 Å². The molecule has 1 aromatic rings. The van der Waals surface area contributed by atoms with Gasteiger partial charge in [0.15, 0.2) is 11.6 Å². The predicted octanol–water partition coefficient (Wildman–Crippen LogP) is 2.19. The molecule has 0 atom stereocenters. The minimum atomic E-state index is -0.339. The Bertz CT molecular complexity index is 351. The highest BCUT2D eigenvalue weighted by molar-refractivity contribution is 5.35. The fourth-order valence-electron chi connectivity index (χ4n) is 2.30. The second-order valence-electron chi connectivity index (χ2n) is 4.55. The molecule has 0 radical (unpaired) electrons. The Kier molecular flexibility index (Phi) is 3.39. The van der Waals surface area contributed by atoms with Gasteiger partial charge in [0.05, 0.1) is 6.61 Å². The van der Waals surface area contributed by atoms with Gasteiger partial charge in [0.1, 0.15) is 0 Å². The molecule has 0 aliphatic heterocycles. The number of rotatable bonds is 4. The van der Waals surface area contributed by atoms with Crippen LogP contribution in [0.5, 0.6) is 0 Å². The number of hydrogen-bond acceptors (Lipinski definition) is 3. The predicted molar refractivity (Wildman–Crippen MR) is 60.7 cm³/mol. The van der Waals surface area contributed by atoms with Gasteiger partial charge in [0.2, 0.25) is 0 Å². The summed E-state index contributed by atoms with van der Waals surface area (Å²) in [6, 6.07) is 2.95. The van der Waals surface area contributed by atoms with Crippen molar-refractivity contribution in [1.29, 1.82) is 0 Å². The molecule has 16 heavy (non-hydrogen) atoms. The average Bonchev–Trinajstić information content (AvgIpc) is 2.78. The Morgan fingerprint density at radius 3 is 2.81 bits per heavy atom. The molecule has 0 bridgehead atoms. The van der Waals surface area contributed by atoms with Crippen molar-refractivity contribution in [2.45, 2.75) is 25.7 Å². The van der Waals surface area contributed by atoms with E-state index in [1.807, 2.05) is 0 Å². The van der Waals surface area contributed by atoms with E-state index in [0.29, 0.717) is 6.54 Å². The van der Waals surface area contributed by atoms with E-state index in [1.165, 1.54) is 6.07 Å². The van der Waals surface area contributed by atoms with Gasteiger partial charge in [-0.2, -0.15) is 0 Å². The first-order chi connectivity index (χ1) is 7.76. The van der Waals surface area contributed by atoms with Gasteiger partial charge in [-0.25, -0.2) is 9.37 Å². The van der Waals surface area contributed by atoms with Crippen molar-refractivity contribution in [3.05, 3.63) is 24.1 Å². The van der Waals surface area contributed by atoms with E-state index < -0.39 is 0 Å². The summed E-state index contributed by atoms with van der Waals surface area (Å²) in [7, 11) is 0. The molecule has 0 saturated heterocycles. The molecular weight excluding hydrogens is 207 g/mol. The summed E-state index contributed by atoms with van der Waals surface area (Å²) in [5.74, 6) is -0.0594. The van der Waals surface area contributed by atoms with Crippen LogP contribution >= 0.6 is 0 Å². The highest BCUT2D eigenvalue weighted by Gasteiger charge is 2.33. The number of hydrogen-bond donors (Lipinski definition) is 2. The van der Waals surface area contributed by atoms with Crippen LogP contribution in [0.15, 0.2) is 18.3 Å². The van der Waals surface area contributed by atoms with Crippen molar-refractivity contribution in [3.63, 3.8) is 0 Å². The minimum Gasteiger partial charge on any atom is -0.396 e. The summed E-state index contributed by atoms with van der Waals surface area (Å²) in [5, 5.41) is 12.4. The molecule has 2 N–H and O–H groups in total.